The molecule has 0 radical (unpaired) electrons. The number of fused-ring (bicyclic) bond motifs is 3. The average molecular weight is 203 g/mol. The number of para-hydroxylation sites is 1. The van der Waals surface area contributed by atoms with Crippen LogP contribution in [0, 0.1) is 11.6 Å². The number of hydrogen-bond acceptors (Lipinski definition) is 0. The van der Waals surface area contributed by atoms with Crippen molar-refractivity contribution < 1.29 is 8.78 Å². The maximum Gasteiger partial charge on any atom is 0.160 e. The van der Waals surface area contributed by atoms with E-state index in [4.69, 9.17) is 0 Å². The molecule has 1 nitrogen and oxygen atoms in total. The Kier molecular flexibility index (Phi) is 1.57. The standard InChI is InChI=1S/C12H7F2N/c13-9-5-8-7-3-1-2-4-11(7)15-12(8)6-10(9)14/h1-6,15H. The molecule has 1 aromatic heterocycles. The molecule has 0 atom stereocenters. The van der Waals surface area contributed by atoms with Gasteiger partial charge >= 0.3 is 0 Å². The third-order valence-electron chi connectivity index (χ3n) is 2.55. The number of hydrogen-bond donors (Lipinski definition) is 1. The third kappa shape index (κ3) is 1.13. The molecule has 3 aromatic rings. The molecule has 74 valence electrons. The lowest BCUT2D eigenvalue weighted by molar-refractivity contribution is 0.511. The summed E-state index contributed by atoms with van der Waals surface area (Å²) in [5.74, 6) is -1.64. The molecule has 3 rings (SSSR count). The molecule has 0 bridgehead atoms. The number of rotatable bonds is 0. The molecule has 0 aliphatic rings. The lowest BCUT2D eigenvalue weighted by Gasteiger charge is -1.93. The van der Waals surface area contributed by atoms with Gasteiger partial charge in [0.25, 0.3) is 0 Å². The maximum atomic E-state index is 13.1. The van der Waals surface area contributed by atoms with E-state index in [2.05, 4.69) is 4.98 Å². The van der Waals surface area contributed by atoms with Crippen LogP contribution >= 0.6 is 0 Å². The van der Waals surface area contributed by atoms with E-state index in [0.717, 1.165) is 10.9 Å². The summed E-state index contributed by atoms with van der Waals surface area (Å²) < 4.78 is 26.0. The van der Waals surface area contributed by atoms with Crippen LogP contribution in [-0.2, 0) is 0 Å². The van der Waals surface area contributed by atoms with Crippen LogP contribution in [0.15, 0.2) is 36.4 Å². The van der Waals surface area contributed by atoms with E-state index < -0.39 is 11.6 Å². The van der Waals surface area contributed by atoms with E-state index in [1.807, 2.05) is 24.3 Å². The highest BCUT2D eigenvalue weighted by Gasteiger charge is 2.08. The molecule has 1 N–H and O–H groups in total. The molecule has 0 amide bonds. The van der Waals surface area contributed by atoms with E-state index in [0.29, 0.717) is 10.9 Å². The van der Waals surface area contributed by atoms with Crippen molar-refractivity contribution in [1.29, 1.82) is 0 Å². The van der Waals surface area contributed by atoms with Gasteiger partial charge in [0.1, 0.15) is 0 Å². The topological polar surface area (TPSA) is 15.8 Å². The Labute approximate surface area is 84.3 Å². The summed E-state index contributed by atoms with van der Waals surface area (Å²) in [7, 11) is 0. The Hall–Kier alpha value is -1.90. The van der Waals surface area contributed by atoms with Gasteiger partial charge in [-0.2, -0.15) is 0 Å². The molecule has 0 saturated heterocycles. The fourth-order valence-electron chi connectivity index (χ4n) is 1.85. The first-order valence-electron chi connectivity index (χ1n) is 4.61. The van der Waals surface area contributed by atoms with Crippen LogP contribution in [0.3, 0.4) is 0 Å². The van der Waals surface area contributed by atoms with Crippen molar-refractivity contribution in [3.63, 3.8) is 0 Å². The normalized spacial score (nSPS) is 11.3. The zero-order chi connectivity index (χ0) is 10.4. The van der Waals surface area contributed by atoms with Gasteiger partial charge in [-0.25, -0.2) is 8.78 Å². The Morgan fingerprint density at radius 1 is 0.800 bits per heavy atom. The number of H-pyrrole nitrogens is 1. The van der Waals surface area contributed by atoms with Gasteiger partial charge in [0.2, 0.25) is 0 Å². The van der Waals surface area contributed by atoms with Crippen LogP contribution in [-0.4, -0.2) is 4.98 Å². The largest absolute Gasteiger partial charge is 0.354 e. The number of nitrogens with one attached hydrogen (secondary N) is 1. The fourth-order valence-corrected chi connectivity index (χ4v) is 1.85. The highest BCUT2D eigenvalue weighted by molar-refractivity contribution is 6.07. The predicted octanol–water partition coefficient (Wildman–Crippen LogP) is 3.60. The van der Waals surface area contributed by atoms with Crippen molar-refractivity contribution in [1.82, 2.24) is 4.98 Å². The van der Waals surface area contributed by atoms with Gasteiger partial charge in [0, 0.05) is 27.9 Å². The molecule has 0 aliphatic heterocycles. The van der Waals surface area contributed by atoms with Crippen molar-refractivity contribution >= 4 is 21.8 Å². The monoisotopic (exact) mass is 203 g/mol. The van der Waals surface area contributed by atoms with Crippen LogP contribution < -0.4 is 0 Å². The van der Waals surface area contributed by atoms with Crippen molar-refractivity contribution in [3.8, 4) is 0 Å². The number of aromatic nitrogens is 1. The van der Waals surface area contributed by atoms with Crippen LogP contribution in [0.4, 0.5) is 8.78 Å². The second-order valence-corrected chi connectivity index (χ2v) is 3.48. The fraction of sp³-hybridized carbons (Fsp3) is 0. The van der Waals surface area contributed by atoms with Crippen LogP contribution in [0.2, 0.25) is 0 Å². The lowest BCUT2D eigenvalue weighted by Crippen LogP contribution is -1.81. The first kappa shape index (κ1) is 8.41. The Balaban J connectivity index is 2.56. The summed E-state index contributed by atoms with van der Waals surface area (Å²) in [6.45, 7) is 0. The Bertz CT molecular complexity index is 655. The molecule has 0 aliphatic carbocycles. The second kappa shape index (κ2) is 2.79. The molecule has 0 spiro atoms. The Morgan fingerprint density at radius 2 is 1.53 bits per heavy atom. The molecular formula is C12H7F2N. The van der Waals surface area contributed by atoms with E-state index in [-0.39, 0.29) is 0 Å². The van der Waals surface area contributed by atoms with Gasteiger partial charge in [-0.3, -0.25) is 0 Å². The van der Waals surface area contributed by atoms with Crippen LogP contribution in [0.5, 0.6) is 0 Å². The first-order chi connectivity index (χ1) is 7.25. The average Bonchev–Trinajstić information content (AvgIpc) is 2.57. The lowest BCUT2D eigenvalue weighted by atomic mass is 10.1. The Morgan fingerprint density at radius 3 is 2.40 bits per heavy atom. The van der Waals surface area contributed by atoms with Crippen LogP contribution in [0.1, 0.15) is 0 Å². The molecule has 0 unspecified atom stereocenters. The van der Waals surface area contributed by atoms with E-state index in [1.54, 1.807) is 0 Å². The highest BCUT2D eigenvalue weighted by atomic mass is 19.2. The second-order valence-electron chi connectivity index (χ2n) is 3.48. The zero-order valence-electron chi connectivity index (χ0n) is 7.72. The number of halogens is 2. The predicted molar refractivity (Wildman–Crippen MR) is 55.7 cm³/mol. The van der Waals surface area contributed by atoms with Gasteiger partial charge in [-0.1, -0.05) is 18.2 Å². The summed E-state index contributed by atoms with van der Waals surface area (Å²) in [5, 5.41) is 1.62. The number of benzene rings is 2. The summed E-state index contributed by atoms with van der Waals surface area (Å²) in [4.78, 5) is 3.04. The molecule has 2 aromatic carbocycles. The van der Waals surface area contributed by atoms with Crippen molar-refractivity contribution in [3.05, 3.63) is 48.0 Å². The summed E-state index contributed by atoms with van der Waals surface area (Å²) in [6.07, 6.45) is 0. The summed E-state index contributed by atoms with van der Waals surface area (Å²) in [6, 6.07) is 9.92. The van der Waals surface area contributed by atoms with Crippen molar-refractivity contribution in [2.75, 3.05) is 0 Å². The third-order valence-corrected chi connectivity index (χ3v) is 2.55. The molecular weight excluding hydrogens is 196 g/mol. The maximum absolute atomic E-state index is 13.1. The van der Waals surface area contributed by atoms with Crippen molar-refractivity contribution in [2.24, 2.45) is 0 Å². The van der Waals surface area contributed by atoms with E-state index in [1.165, 1.54) is 12.1 Å². The number of aromatic amines is 1. The molecule has 1 heterocycles. The van der Waals surface area contributed by atoms with Crippen LogP contribution in [0.25, 0.3) is 21.8 Å². The quantitative estimate of drug-likeness (QED) is 0.574. The SMILES string of the molecule is Fc1cc2[nH]c3ccccc3c2cc1F. The minimum Gasteiger partial charge on any atom is -0.354 e. The van der Waals surface area contributed by atoms with Gasteiger partial charge in [-0.05, 0) is 12.1 Å². The molecule has 3 heteroatoms. The molecule has 0 fully saturated rings. The zero-order valence-corrected chi connectivity index (χ0v) is 7.72. The van der Waals surface area contributed by atoms with E-state index in [9.17, 15) is 8.78 Å². The van der Waals surface area contributed by atoms with Gasteiger partial charge < -0.3 is 4.98 Å². The van der Waals surface area contributed by atoms with Crippen molar-refractivity contribution in [2.45, 2.75) is 0 Å². The molecule has 0 saturated carbocycles. The smallest absolute Gasteiger partial charge is 0.160 e. The van der Waals surface area contributed by atoms with E-state index >= 15 is 0 Å². The highest BCUT2D eigenvalue weighted by Crippen LogP contribution is 2.26. The minimum absolute atomic E-state index is 0.620. The molecule has 15 heavy (non-hydrogen) atoms. The van der Waals surface area contributed by atoms with Gasteiger partial charge in [-0.15, -0.1) is 0 Å². The van der Waals surface area contributed by atoms with Gasteiger partial charge in [0.05, 0.1) is 0 Å². The van der Waals surface area contributed by atoms with Gasteiger partial charge in [0.15, 0.2) is 11.6 Å². The summed E-state index contributed by atoms with van der Waals surface area (Å²) >= 11 is 0. The summed E-state index contributed by atoms with van der Waals surface area (Å²) in [5.41, 5.74) is 1.51. The minimum atomic E-state index is -0.825. The first-order valence-corrected chi connectivity index (χ1v) is 4.61.